The molecule has 0 radical (unpaired) electrons. The minimum atomic E-state index is -0.103. The fraction of sp³-hybridized carbons (Fsp3) is 0.304. The number of aryl methyl sites for hydroxylation is 1. The Morgan fingerprint density at radius 3 is 2.02 bits per heavy atom. The van der Waals surface area contributed by atoms with E-state index in [1.807, 2.05) is 0 Å². The van der Waals surface area contributed by atoms with Crippen LogP contribution in [0.25, 0.3) is 27.5 Å². The van der Waals surface area contributed by atoms with Gasteiger partial charge in [0.2, 0.25) is 0 Å². The van der Waals surface area contributed by atoms with Crippen LogP contribution in [0.15, 0.2) is 109 Å². The highest BCUT2D eigenvalue weighted by atomic mass is 15.1. The molecule has 236 valence electrons. The van der Waals surface area contributed by atoms with Gasteiger partial charge in [-0.25, -0.2) is 0 Å². The zero-order chi connectivity index (χ0) is 33.0. The molecule has 0 saturated carbocycles. The molecule has 0 aliphatic heterocycles. The Bertz CT molecular complexity index is 2180. The minimum absolute atomic E-state index is 0.0425. The van der Waals surface area contributed by atoms with Crippen LogP contribution < -0.4 is 4.90 Å². The normalized spacial score (nSPS) is 18.6. The van der Waals surface area contributed by atoms with Crippen molar-refractivity contribution in [1.82, 2.24) is 0 Å². The lowest BCUT2D eigenvalue weighted by Gasteiger charge is -2.31. The summed E-state index contributed by atoms with van der Waals surface area (Å²) in [5.41, 5.74) is 17.7. The number of benzene rings is 5. The lowest BCUT2D eigenvalue weighted by molar-refractivity contribution is 0.584. The van der Waals surface area contributed by atoms with Crippen molar-refractivity contribution in [3.8, 4) is 11.1 Å². The smallest absolute Gasteiger partial charge is 0.0540 e. The van der Waals surface area contributed by atoms with Crippen LogP contribution >= 0.6 is 0 Å². The van der Waals surface area contributed by atoms with E-state index in [1.54, 1.807) is 0 Å². The monoisotopic (exact) mass is 613 g/mol. The lowest BCUT2D eigenvalue weighted by Crippen LogP contribution is -2.19. The number of hydrogen-bond donors (Lipinski definition) is 0. The molecule has 1 nitrogen and oxygen atoms in total. The summed E-state index contributed by atoms with van der Waals surface area (Å²) in [6.07, 6.45) is 5.88. The number of fused-ring (bicyclic) bond motifs is 6. The number of anilines is 3. The van der Waals surface area contributed by atoms with E-state index < -0.39 is 0 Å². The Morgan fingerprint density at radius 1 is 0.681 bits per heavy atom. The average molecular weight is 614 g/mol. The molecule has 0 heterocycles. The van der Waals surface area contributed by atoms with Gasteiger partial charge < -0.3 is 4.90 Å². The van der Waals surface area contributed by atoms with Crippen LogP contribution in [-0.4, -0.2) is 0 Å². The van der Waals surface area contributed by atoms with Crippen molar-refractivity contribution in [2.45, 2.75) is 85.0 Å². The van der Waals surface area contributed by atoms with E-state index in [9.17, 15) is 0 Å². The first-order chi connectivity index (χ1) is 22.3. The van der Waals surface area contributed by atoms with Crippen LogP contribution in [0.4, 0.5) is 17.1 Å². The number of nitrogens with zero attached hydrogens (tertiary/aromatic N) is 1. The second kappa shape index (κ2) is 10.1. The number of allylic oxidation sites excluding steroid dienone is 4. The Kier molecular flexibility index (Phi) is 6.43. The summed E-state index contributed by atoms with van der Waals surface area (Å²) in [5, 5.41) is 2.54. The van der Waals surface area contributed by atoms with Crippen molar-refractivity contribution in [3.05, 3.63) is 142 Å². The summed E-state index contributed by atoms with van der Waals surface area (Å²) < 4.78 is 0. The molecule has 5 aromatic carbocycles. The van der Waals surface area contributed by atoms with Gasteiger partial charge in [0.25, 0.3) is 0 Å². The topological polar surface area (TPSA) is 3.24 Å². The van der Waals surface area contributed by atoms with E-state index in [-0.39, 0.29) is 16.2 Å². The number of rotatable bonds is 3. The van der Waals surface area contributed by atoms with Gasteiger partial charge in [0, 0.05) is 27.6 Å². The van der Waals surface area contributed by atoms with Gasteiger partial charge >= 0.3 is 0 Å². The summed E-state index contributed by atoms with van der Waals surface area (Å²) in [4.78, 5) is 2.52. The van der Waals surface area contributed by atoms with Crippen LogP contribution in [0.1, 0.15) is 95.2 Å². The van der Waals surface area contributed by atoms with Crippen LogP contribution in [0, 0.1) is 12.8 Å². The molecule has 1 unspecified atom stereocenters. The van der Waals surface area contributed by atoms with Gasteiger partial charge in [-0.1, -0.05) is 128 Å². The molecule has 8 rings (SSSR count). The maximum absolute atomic E-state index is 2.52. The summed E-state index contributed by atoms with van der Waals surface area (Å²) in [5.74, 6) is 0.540. The molecule has 0 saturated heterocycles. The molecule has 1 atom stereocenters. The summed E-state index contributed by atoms with van der Waals surface area (Å²) >= 11 is 0. The molecule has 0 aromatic heterocycles. The van der Waals surface area contributed by atoms with Gasteiger partial charge in [0.05, 0.1) is 5.69 Å². The van der Waals surface area contributed by atoms with E-state index in [4.69, 9.17) is 0 Å². The first-order valence-corrected chi connectivity index (χ1v) is 17.4. The van der Waals surface area contributed by atoms with Gasteiger partial charge in [-0.15, -0.1) is 0 Å². The predicted molar refractivity (Wildman–Crippen MR) is 202 cm³/mol. The molecular weight excluding hydrogens is 567 g/mol. The Labute approximate surface area is 281 Å². The molecule has 3 aliphatic carbocycles. The molecule has 0 N–H and O–H groups in total. The first-order valence-electron chi connectivity index (χ1n) is 17.4. The Balaban J connectivity index is 1.34. The average Bonchev–Trinajstić information content (AvgIpc) is 3.40. The number of hydrogen-bond acceptors (Lipinski definition) is 1. The second-order valence-electron chi connectivity index (χ2n) is 16.4. The highest BCUT2D eigenvalue weighted by molar-refractivity contribution is 6.00. The van der Waals surface area contributed by atoms with E-state index in [1.165, 1.54) is 83.5 Å². The van der Waals surface area contributed by atoms with Crippen molar-refractivity contribution in [3.63, 3.8) is 0 Å². The largest absolute Gasteiger partial charge is 0.310 e. The van der Waals surface area contributed by atoms with Gasteiger partial charge in [-0.05, 0) is 117 Å². The molecule has 0 spiro atoms. The molecule has 0 bridgehead atoms. The fourth-order valence-electron chi connectivity index (χ4n) is 8.71. The van der Waals surface area contributed by atoms with Crippen LogP contribution in [-0.2, 0) is 16.2 Å². The van der Waals surface area contributed by atoms with E-state index in [0.29, 0.717) is 5.92 Å². The zero-order valence-corrected chi connectivity index (χ0v) is 29.5. The second-order valence-corrected chi connectivity index (χ2v) is 16.4. The first kappa shape index (κ1) is 30.0. The molecule has 1 heteroatoms. The van der Waals surface area contributed by atoms with Crippen molar-refractivity contribution in [2.75, 3.05) is 4.90 Å². The van der Waals surface area contributed by atoms with E-state index in [0.717, 1.165) is 6.42 Å². The Morgan fingerprint density at radius 2 is 1.32 bits per heavy atom. The third-order valence-corrected chi connectivity index (χ3v) is 11.5. The van der Waals surface area contributed by atoms with Gasteiger partial charge in [0.1, 0.15) is 0 Å². The molecule has 3 aliphatic rings. The van der Waals surface area contributed by atoms with Crippen LogP contribution in [0.2, 0.25) is 0 Å². The van der Waals surface area contributed by atoms with Gasteiger partial charge in [0.15, 0.2) is 0 Å². The SMILES string of the molecule is Cc1ccc2cccc(N(c3ccc4c(c3)C(C)(C)C3=C4C(C)CC=C3)c3ccc4c(c3)C(C)(C)c3cc(C(C)(C)C)ccc3-4)c2c1. The fourth-order valence-corrected chi connectivity index (χ4v) is 8.71. The standard InChI is InChI=1S/C46H47N/c1-28-16-17-30-13-11-15-42(37(30)24-28)47(33-20-23-36-41(27-33)45(6,7)38-14-10-12-29(2)43(36)38)32-19-22-35-34-21-18-31(44(3,4)5)25-39(34)46(8,9)40(35)26-32/h10-11,13-27,29H,12H2,1-9H3. The predicted octanol–water partition coefficient (Wildman–Crippen LogP) is 12.9. The Hall–Kier alpha value is -4.36. The van der Waals surface area contributed by atoms with Crippen molar-refractivity contribution in [1.29, 1.82) is 0 Å². The van der Waals surface area contributed by atoms with Crippen LogP contribution in [0.5, 0.6) is 0 Å². The minimum Gasteiger partial charge on any atom is -0.310 e. The summed E-state index contributed by atoms with van der Waals surface area (Å²) in [7, 11) is 0. The van der Waals surface area contributed by atoms with Crippen molar-refractivity contribution in [2.24, 2.45) is 5.92 Å². The highest BCUT2D eigenvalue weighted by Crippen LogP contribution is 2.55. The third-order valence-electron chi connectivity index (χ3n) is 11.5. The van der Waals surface area contributed by atoms with E-state index >= 15 is 0 Å². The quantitative estimate of drug-likeness (QED) is 0.196. The molecule has 5 aromatic rings. The molecular formula is C46H47N. The highest BCUT2D eigenvalue weighted by Gasteiger charge is 2.40. The van der Waals surface area contributed by atoms with Crippen LogP contribution in [0.3, 0.4) is 0 Å². The molecule has 0 fully saturated rings. The van der Waals surface area contributed by atoms with Gasteiger partial charge in [-0.2, -0.15) is 0 Å². The zero-order valence-electron chi connectivity index (χ0n) is 29.5. The summed E-state index contributed by atoms with van der Waals surface area (Å²) in [6, 6.07) is 35.2. The molecule has 0 amide bonds. The van der Waals surface area contributed by atoms with E-state index in [2.05, 4.69) is 170 Å². The van der Waals surface area contributed by atoms with Crippen molar-refractivity contribution >= 4 is 33.4 Å². The van der Waals surface area contributed by atoms with Gasteiger partial charge in [-0.3, -0.25) is 0 Å². The lowest BCUT2D eigenvalue weighted by atomic mass is 9.78. The van der Waals surface area contributed by atoms with Crippen molar-refractivity contribution < 1.29 is 0 Å². The third kappa shape index (κ3) is 4.42. The summed E-state index contributed by atoms with van der Waals surface area (Å²) in [6.45, 7) is 21.2. The molecule has 47 heavy (non-hydrogen) atoms. The maximum Gasteiger partial charge on any atom is 0.0540 e. The maximum atomic E-state index is 2.52.